The monoisotopic (exact) mass is 562 g/mol. The lowest BCUT2D eigenvalue weighted by Crippen LogP contribution is -1.99. The average Bonchev–Trinajstić information content (AvgIpc) is 2.98. The second kappa shape index (κ2) is 12.1. The molecule has 6 rings (SSSR count). The number of benzene rings is 4. The van der Waals surface area contributed by atoms with Crippen molar-refractivity contribution >= 4 is 21.5 Å². The van der Waals surface area contributed by atoms with Gasteiger partial charge in [-0.25, -0.2) is 0 Å². The van der Waals surface area contributed by atoms with Gasteiger partial charge in [0.25, 0.3) is 0 Å². The Bertz CT molecular complexity index is 1910. The zero-order chi connectivity index (χ0) is 30.1. The van der Waals surface area contributed by atoms with E-state index in [2.05, 4.69) is 126 Å². The first kappa shape index (κ1) is 28.8. The quantitative estimate of drug-likeness (QED) is 0.184. The highest BCUT2D eigenvalue weighted by molar-refractivity contribution is 5.96. The summed E-state index contributed by atoms with van der Waals surface area (Å²) in [6, 6.07) is 31.8. The lowest BCUT2D eigenvalue weighted by Gasteiger charge is -2.15. The lowest BCUT2D eigenvalue weighted by atomic mass is 9.93. The van der Waals surface area contributed by atoms with Crippen molar-refractivity contribution in [2.75, 3.05) is 0 Å². The third-order valence-corrected chi connectivity index (χ3v) is 8.81. The molecule has 0 bridgehead atoms. The molecular formula is C41H42N2. The first-order chi connectivity index (χ1) is 20.8. The number of aromatic nitrogens is 2. The molecule has 2 nitrogen and oxygen atoms in total. The van der Waals surface area contributed by atoms with E-state index in [1.54, 1.807) is 0 Å². The summed E-state index contributed by atoms with van der Waals surface area (Å²) in [5.74, 6) is 0.546. The van der Waals surface area contributed by atoms with Gasteiger partial charge in [0.2, 0.25) is 0 Å². The summed E-state index contributed by atoms with van der Waals surface area (Å²) in [6.45, 7) is 13.2. The van der Waals surface area contributed by atoms with E-state index in [1.807, 2.05) is 6.20 Å². The van der Waals surface area contributed by atoms with Crippen molar-refractivity contribution < 1.29 is 0 Å². The van der Waals surface area contributed by atoms with Gasteiger partial charge >= 0.3 is 0 Å². The second-order valence-corrected chi connectivity index (χ2v) is 12.6. The van der Waals surface area contributed by atoms with E-state index >= 15 is 0 Å². The first-order valence-electron chi connectivity index (χ1n) is 15.8. The van der Waals surface area contributed by atoms with Crippen LogP contribution in [0.5, 0.6) is 0 Å². The van der Waals surface area contributed by atoms with E-state index in [0.29, 0.717) is 5.92 Å². The Morgan fingerprint density at radius 2 is 1.23 bits per heavy atom. The highest BCUT2D eigenvalue weighted by Gasteiger charge is 2.13. The number of pyridine rings is 2. The molecule has 2 aromatic heterocycles. The summed E-state index contributed by atoms with van der Waals surface area (Å²) in [5.41, 5.74) is 13.6. The predicted octanol–water partition coefficient (Wildman–Crippen LogP) is 11.0. The summed E-state index contributed by atoms with van der Waals surface area (Å²) in [4.78, 5) is 10.1. The van der Waals surface area contributed by atoms with E-state index in [0.717, 1.165) is 37.1 Å². The van der Waals surface area contributed by atoms with Crippen LogP contribution in [0.15, 0.2) is 91.1 Å². The minimum Gasteiger partial charge on any atom is -0.256 e. The summed E-state index contributed by atoms with van der Waals surface area (Å²) in [5, 5.41) is 5.00. The van der Waals surface area contributed by atoms with E-state index in [1.165, 1.54) is 71.7 Å². The molecule has 0 N–H and O–H groups in total. The smallest absolute Gasteiger partial charge is 0.0783 e. The largest absolute Gasteiger partial charge is 0.256 e. The van der Waals surface area contributed by atoms with Gasteiger partial charge in [0.15, 0.2) is 0 Å². The maximum absolute atomic E-state index is 5.28. The molecule has 2 heteroatoms. The van der Waals surface area contributed by atoms with Crippen molar-refractivity contribution in [1.29, 1.82) is 0 Å². The maximum atomic E-state index is 5.28. The zero-order valence-electron chi connectivity index (χ0n) is 26.5. The molecule has 0 aliphatic carbocycles. The van der Waals surface area contributed by atoms with Gasteiger partial charge in [-0.05, 0) is 118 Å². The SMILES string of the molecule is CCC(C)c1ccc2c(-c3cc(C)cc(C)c3)nc(CCCc3ccc4c(-c5cc(C)cc(C)c5)nccc4c3)cc2c1. The van der Waals surface area contributed by atoms with E-state index < -0.39 is 0 Å². The van der Waals surface area contributed by atoms with Crippen LogP contribution >= 0.6 is 0 Å². The number of hydrogen-bond acceptors (Lipinski definition) is 2. The van der Waals surface area contributed by atoms with Crippen LogP contribution in [0.3, 0.4) is 0 Å². The highest BCUT2D eigenvalue weighted by atomic mass is 14.7. The Balaban J connectivity index is 1.29. The molecule has 0 saturated heterocycles. The van der Waals surface area contributed by atoms with Crippen LogP contribution in [0, 0.1) is 27.7 Å². The van der Waals surface area contributed by atoms with Gasteiger partial charge in [-0.2, -0.15) is 0 Å². The molecule has 1 atom stereocenters. The van der Waals surface area contributed by atoms with Crippen molar-refractivity contribution in [1.82, 2.24) is 9.97 Å². The molecule has 0 radical (unpaired) electrons. The van der Waals surface area contributed by atoms with Crippen LogP contribution in [-0.4, -0.2) is 9.97 Å². The molecule has 2 heterocycles. The minimum absolute atomic E-state index is 0.546. The van der Waals surface area contributed by atoms with Gasteiger partial charge < -0.3 is 0 Å². The summed E-state index contributed by atoms with van der Waals surface area (Å²) in [6.07, 6.45) is 6.10. The number of rotatable bonds is 8. The minimum atomic E-state index is 0.546. The van der Waals surface area contributed by atoms with Gasteiger partial charge in [-0.15, -0.1) is 0 Å². The molecule has 4 aromatic carbocycles. The summed E-state index contributed by atoms with van der Waals surface area (Å²) < 4.78 is 0. The van der Waals surface area contributed by atoms with E-state index in [4.69, 9.17) is 9.97 Å². The van der Waals surface area contributed by atoms with Crippen LogP contribution in [0.1, 0.15) is 71.7 Å². The van der Waals surface area contributed by atoms with Gasteiger partial charge in [0, 0.05) is 33.8 Å². The van der Waals surface area contributed by atoms with Gasteiger partial charge in [-0.1, -0.05) is 84.6 Å². The first-order valence-corrected chi connectivity index (χ1v) is 15.8. The van der Waals surface area contributed by atoms with Crippen LogP contribution in [0.2, 0.25) is 0 Å². The predicted molar refractivity (Wildman–Crippen MR) is 184 cm³/mol. The van der Waals surface area contributed by atoms with Crippen LogP contribution in [0.4, 0.5) is 0 Å². The topological polar surface area (TPSA) is 25.8 Å². The Labute approximate surface area is 256 Å². The van der Waals surface area contributed by atoms with Crippen molar-refractivity contribution in [3.8, 4) is 22.5 Å². The van der Waals surface area contributed by atoms with Crippen molar-refractivity contribution in [3.63, 3.8) is 0 Å². The Hall–Kier alpha value is -4.30. The van der Waals surface area contributed by atoms with Crippen molar-refractivity contribution in [2.24, 2.45) is 0 Å². The molecular weight excluding hydrogens is 520 g/mol. The average molecular weight is 563 g/mol. The third kappa shape index (κ3) is 6.25. The second-order valence-electron chi connectivity index (χ2n) is 12.6. The standard InChI is InChI=1S/C41H42N2/c1-7-30(6)32-12-14-39-34(24-32)25-37(43-41(39)36-21-28(4)18-29(5)22-36)10-8-9-31-11-13-38-33(23-31)15-16-42-40(38)35-19-26(2)17-27(3)20-35/h11-25,30H,7-10H2,1-6H3. The number of aryl methyl sites for hydroxylation is 6. The number of fused-ring (bicyclic) bond motifs is 2. The number of hydrogen-bond donors (Lipinski definition) is 0. The molecule has 0 spiro atoms. The summed E-state index contributed by atoms with van der Waals surface area (Å²) in [7, 11) is 0. The van der Waals surface area contributed by atoms with Gasteiger partial charge in [0.1, 0.15) is 0 Å². The molecule has 0 aliphatic heterocycles. The lowest BCUT2D eigenvalue weighted by molar-refractivity contribution is 0.734. The van der Waals surface area contributed by atoms with Gasteiger partial charge in [-0.3, -0.25) is 9.97 Å². The normalized spacial score (nSPS) is 12.2. The molecule has 0 aliphatic rings. The van der Waals surface area contributed by atoms with Crippen molar-refractivity contribution in [3.05, 3.63) is 130 Å². The Kier molecular flexibility index (Phi) is 8.13. The van der Waals surface area contributed by atoms with Crippen molar-refractivity contribution in [2.45, 2.75) is 73.1 Å². The Morgan fingerprint density at radius 1 is 0.605 bits per heavy atom. The molecule has 1 unspecified atom stereocenters. The third-order valence-electron chi connectivity index (χ3n) is 8.81. The van der Waals surface area contributed by atoms with E-state index in [9.17, 15) is 0 Å². The fraction of sp³-hybridized carbons (Fsp3) is 0.268. The molecule has 0 amide bonds. The molecule has 6 aromatic rings. The van der Waals surface area contributed by atoms with Crippen LogP contribution in [0.25, 0.3) is 44.1 Å². The maximum Gasteiger partial charge on any atom is 0.0783 e. The molecule has 43 heavy (non-hydrogen) atoms. The molecule has 0 fully saturated rings. The van der Waals surface area contributed by atoms with Crippen LogP contribution in [-0.2, 0) is 12.8 Å². The van der Waals surface area contributed by atoms with Gasteiger partial charge in [0.05, 0.1) is 11.4 Å². The summed E-state index contributed by atoms with van der Waals surface area (Å²) >= 11 is 0. The zero-order valence-corrected chi connectivity index (χ0v) is 26.5. The fourth-order valence-corrected chi connectivity index (χ4v) is 6.53. The molecule has 216 valence electrons. The highest BCUT2D eigenvalue weighted by Crippen LogP contribution is 2.33. The molecule has 0 saturated carbocycles. The van der Waals surface area contributed by atoms with E-state index in [-0.39, 0.29) is 0 Å². The van der Waals surface area contributed by atoms with Crippen LogP contribution < -0.4 is 0 Å². The fourth-order valence-electron chi connectivity index (χ4n) is 6.53. The Morgan fingerprint density at radius 3 is 1.91 bits per heavy atom. The number of nitrogens with zero attached hydrogens (tertiary/aromatic N) is 2.